The minimum Gasteiger partial charge on any atom is -0.508 e. The summed E-state index contributed by atoms with van der Waals surface area (Å²) < 4.78 is 7.45. The molecule has 0 bridgehead atoms. The first kappa shape index (κ1) is 17.3. The van der Waals surface area contributed by atoms with Crippen LogP contribution in [0.3, 0.4) is 0 Å². The minimum atomic E-state index is 0.256. The molecule has 0 amide bonds. The van der Waals surface area contributed by atoms with E-state index >= 15 is 0 Å². The molecule has 5 rings (SSSR count). The summed E-state index contributed by atoms with van der Waals surface area (Å²) >= 11 is 0. The summed E-state index contributed by atoms with van der Waals surface area (Å²) in [6, 6.07) is 21.4. The van der Waals surface area contributed by atoms with Crippen LogP contribution in [0, 0.1) is 6.92 Å². The number of rotatable bonds is 3. The maximum Gasteiger partial charge on any atom is 0.119 e. The third-order valence-electron chi connectivity index (χ3n) is 5.18. The number of pyridine rings is 1. The molecule has 0 aliphatic carbocycles. The number of fused-ring (bicyclic) bond motifs is 3. The molecule has 0 unspecified atom stereocenters. The Hall–Kier alpha value is -3.86. The average molecular weight is 381 g/mol. The van der Waals surface area contributed by atoms with Gasteiger partial charge in [-0.05, 0) is 66.6 Å². The van der Waals surface area contributed by atoms with Crippen LogP contribution in [0.1, 0.15) is 5.82 Å². The van der Waals surface area contributed by atoms with E-state index in [-0.39, 0.29) is 5.75 Å². The second-order valence-corrected chi connectivity index (χ2v) is 6.96. The molecule has 2 heterocycles. The van der Waals surface area contributed by atoms with E-state index in [1.807, 2.05) is 55.6 Å². The zero-order valence-corrected chi connectivity index (χ0v) is 16.1. The van der Waals surface area contributed by atoms with E-state index in [1.54, 1.807) is 19.2 Å². The molecule has 0 saturated carbocycles. The molecule has 0 fully saturated rings. The Morgan fingerprint density at radius 3 is 2.31 bits per heavy atom. The number of aromatic hydroxyl groups is 1. The van der Waals surface area contributed by atoms with Gasteiger partial charge in [0.15, 0.2) is 0 Å². The highest BCUT2D eigenvalue weighted by atomic mass is 16.5. The van der Waals surface area contributed by atoms with Crippen molar-refractivity contribution in [3.8, 4) is 28.3 Å². The number of aromatic nitrogens is 3. The lowest BCUT2D eigenvalue weighted by molar-refractivity contribution is 0.415. The predicted octanol–water partition coefficient (Wildman–Crippen LogP) is 5.26. The summed E-state index contributed by atoms with van der Waals surface area (Å²) in [5.74, 6) is 1.97. The van der Waals surface area contributed by atoms with Crippen molar-refractivity contribution >= 4 is 21.9 Å². The number of ether oxygens (including phenoxy) is 1. The Balaban J connectivity index is 1.78. The van der Waals surface area contributed by atoms with E-state index in [9.17, 15) is 5.11 Å². The molecule has 0 spiro atoms. The van der Waals surface area contributed by atoms with Crippen molar-refractivity contribution in [1.29, 1.82) is 0 Å². The van der Waals surface area contributed by atoms with Crippen LogP contribution in [-0.2, 0) is 0 Å². The summed E-state index contributed by atoms with van der Waals surface area (Å²) in [5.41, 5.74) is 5.91. The quantitative estimate of drug-likeness (QED) is 0.463. The van der Waals surface area contributed by atoms with E-state index in [2.05, 4.69) is 21.7 Å². The summed E-state index contributed by atoms with van der Waals surface area (Å²) in [7, 11) is 1.66. The second kappa shape index (κ2) is 6.63. The van der Waals surface area contributed by atoms with E-state index < -0.39 is 0 Å². The van der Waals surface area contributed by atoms with Crippen LogP contribution < -0.4 is 4.74 Å². The zero-order chi connectivity index (χ0) is 20.0. The van der Waals surface area contributed by atoms with Crippen molar-refractivity contribution in [2.75, 3.05) is 7.11 Å². The van der Waals surface area contributed by atoms with Crippen molar-refractivity contribution in [3.63, 3.8) is 0 Å². The fraction of sp³-hybridized carbons (Fsp3) is 0.0833. The molecule has 2 aromatic heterocycles. The van der Waals surface area contributed by atoms with Crippen LogP contribution in [0.4, 0.5) is 0 Å². The monoisotopic (exact) mass is 381 g/mol. The highest BCUT2D eigenvalue weighted by Gasteiger charge is 2.14. The predicted molar refractivity (Wildman–Crippen MR) is 115 cm³/mol. The van der Waals surface area contributed by atoms with Gasteiger partial charge in [0, 0.05) is 11.1 Å². The number of methoxy groups -OCH3 is 1. The number of nitrogens with zero attached hydrogens (tertiary/aromatic N) is 3. The molecule has 3 aromatic carbocycles. The summed E-state index contributed by atoms with van der Waals surface area (Å²) in [4.78, 5) is 9.33. The van der Waals surface area contributed by atoms with E-state index in [4.69, 9.17) is 9.72 Å². The first-order valence-corrected chi connectivity index (χ1v) is 9.36. The Morgan fingerprint density at radius 1 is 0.862 bits per heavy atom. The third-order valence-corrected chi connectivity index (χ3v) is 5.18. The van der Waals surface area contributed by atoms with Gasteiger partial charge in [-0.3, -0.25) is 9.55 Å². The molecule has 0 aliphatic rings. The fourth-order valence-corrected chi connectivity index (χ4v) is 3.75. The fourth-order valence-electron chi connectivity index (χ4n) is 3.75. The normalized spacial score (nSPS) is 11.2. The Morgan fingerprint density at radius 2 is 1.59 bits per heavy atom. The molecule has 0 radical (unpaired) electrons. The molecule has 0 aliphatic heterocycles. The molecule has 5 nitrogen and oxygen atoms in total. The van der Waals surface area contributed by atoms with E-state index in [0.717, 1.165) is 50.3 Å². The molecule has 0 atom stereocenters. The average Bonchev–Trinajstić information content (AvgIpc) is 3.10. The van der Waals surface area contributed by atoms with Gasteiger partial charge in [0.2, 0.25) is 0 Å². The minimum absolute atomic E-state index is 0.256. The maximum atomic E-state index is 9.59. The van der Waals surface area contributed by atoms with Crippen LogP contribution in [0.25, 0.3) is 38.8 Å². The van der Waals surface area contributed by atoms with Gasteiger partial charge in [0.05, 0.1) is 24.3 Å². The second-order valence-electron chi connectivity index (χ2n) is 6.96. The topological polar surface area (TPSA) is 60.2 Å². The molecule has 0 saturated heterocycles. The number of benzene rings is 3. The van der Waals surface area contributed by atoms with Crippen molar-refractivity contribution in [2.24, 2.45) is 0 Å². The molecule has 5 heteroatoms. The molecule has 1 N–H and O–H groups in total. The lowest BCUT2D eigenvalue weighted by Crippen LogP contribution is -1.98. The van der Waals surface area contributed by atoms with Gasteiger partial charge in [0.25, 0.3) is 0 Å². The Kier molecular flexibility index (Phi) is 3.95. The number of hydrogen-bond donors (Lipinski definition) is 1. The lowest BCUT2D eigenvalue weighted by atomic mass is 10.0. The summed E-state index contributed by atoms with van der Waals surface area (Å²) in [6.45, 7) is 2.00. The van der Waals surface area contributed by atoms with Crippen molar-refractivity contribution in [3.05, 3.63) is 78.8 Å². The summed E-state index contributed by atoms with van der Waals surface area (Å²) in [5, 5.41) is 10.6. The van der Waals surface area contributed by atoms with Crippen LogP contribution in [-0.4, -0.2) is 26.8 Å². The molecule has 5 aromatic rings. The molecular formula is C24H19N3O2. The maximum absolute atomic E-state index is 9.59. The zero-order valence-electron chi connectivity index (χ0n) is 16.1. The van der Waals surface area contributed by atoms with E-state index in [0.29, 0.717) is 0 Å². The van der Waals surface area contributed by atoms with Gasteiger partial charge in [-0.25, -0.2) is 4.98 Å². The smallest absolute Gasteiger partial charge is 0.119 e. The van der Waals surface area contributed by atoms with Crippen molar-refractivity contribution in [1.82, 2.24) is 14.5 Å². The van der Waals surface area contributed by atoms with Gasteiger partial charge >= 0.3 is 0 Å². The standard InChI is InChI=1S/C24H19N3O2/c1-15-26-23-14-25-22-12-5-17(16-3-8-19(28)9-4-16)13-21(22)24(23)27(15)18-6-10-20(29-2)11-7-18/h3-14,28H,1-2H3. The molecule has 29 heavy (non-hydrogen) atoms. The first-order valence-electron chi connectivity index (χ1n) is 9.36. The van der Waals surface area contributed by atoms with Crippen LogP contribution >= 0.6 is 0 Å². The molecule has 142 valence electrons. The van der Waals surface area contributed by atoms with Crippen LogP contribution in [0.2, 0.25) is 0 Å². The largest absolute Gasteiger partial charge is 0.508 e. The van der Waals surface area contributed by atoms with Crippen LogP contribution in [0.15, 0.2) is 72.9 Å². The van der Waals surface area contributed by atoms with Gasteiger partial charge in [-0.1, -0.05) is 18.2 Å². The number of phenols is 1. The Labute approximate surface area is 167 Å². The number of phenolic OH excluding ortho intramolecular Hbond substituents is 1. The van der Waals surface area contributed by atoms with Crippen molar-refractivity contribution in [2.45, 2.75) is 6.92 Å². The number of hydrogen-bond acceptors (Lipinski definition) is 4. The molecular weight excluding hydrogens is 362 g/mol. The number of aryl methyl sites for hydroxylation is 1. The lowest BCUT2D eigenvalue weighted by Gasteiger charge is -2.11. The van der Waals surface area contributed by atoms with Gasteiger partial charge in [0.1, 0.15) is 22.8 Å². The van der Waals surface area contributed by atoms with Gasteiger partial charge < -0.3 is 9.84 Å². The Bertz CT molecular complexity index is 1340. The van der Waals surface area contributed by atoms with Crippen LogP contribution in [0.5, 0.6) is 11.5 Å². The summed E-state index contributed by atoms with van der Waals surface area (Å²) in [6.07, 6.45) is 1.82. The highest BCUT2D eigenvalue weighted by molar-refractivity contribution is 6.04. The first-order chi connectivity index (χ1) is 14.1. The van der Waals surface area contributed by atoms with Gasteiger partial charge in [-0.15, -0.1) is 0 Å². The van der Waals surface area contributed by atoms with Gasteiger partial charge in [-0.2, -0.15) is 0 Å². The SMILES string of the molecule is COc1ccc(-n2c(C)nc3cnc4ccc(-c5ccc(O)cc5)cc4c32)cc1. The van der Waals surface area contributed by atoms with E-state index in [1.165, 1.54) is 0 Å². The third kappa shape index (κ3) is 2.88. The highest BCUT2D eigenvalue weighted by Crippen LogP contribution is 2.32. The number of imidazole rings is 1. The van der Waals surface area contributed by atoms with Crippen molar-refractivity contribution < 1.29 is 9.84 Å².